The van der Waals surface area contributed by atoms with Gasteiger partial charge in [0.15, 0.2) is 0 Å². The minimum absolute atomic E-state index is 0.0244. The van der Waals surface area contributed by atoms with Crippen molar-refractivity contribution < 1.29 is 14.3 Å². The number of nitrogens with zero attached hydrogens (tertiary/aromatic N) is 2. The van der Waals surface area contributed by atoms with Gasteiger partial charge in [-0.05, 0) is 35.0 Å². The quantitative estimate of drug-likeness (QED) is 0.572. The van der Waals surface area contributed by atoms with Gasteiger partial charge in [0, 0.05) is 32.1 Å². The number of para-hydroxylation sites is 1. The molecule has 2 amide bonds. The van der Waals surface area contributed by atoms with Crippen molar-refractivity contribution in [3.63, 3.8) is 0 Å². The van der Waals surface area contributed by atoms with Crippen LogP contribution in [0.4, 0.5) is 11.4 Å². The average Bonchev–Trinajstić information content (AvgIpc) is 2.83. The zero-order chi connectivity index (χ0) is 23.5. The molecule has 1 fully saturated rings. The molecule has 7 heteroatoms. The smallest absolute Gasteiger partial charge is 0.259 e. The largest absolute Gasteiger partial charge is 0.496 e. The molecular formula is C26H28ClN3O3. The first-order valence-corrected chi connectivity index (χ1v) is 11.5. The van der Waals surface area contributed by atoms with Crippen LogP contribution >= 0.6 is 11.6 Å². The van der Waals surface area contributed by atoms with Crippen molar-refractivity contribution in [1.29, 1.82) is 0 Å². The Bertz CT molecular complexity index is 1190. The van der Waals surface area contributed by atoms with Crippen molar-refractivity contribution in [3.8, 4) is 5.75 Å². The summed E-state index contributed by atoms with van der Waals surface area (Å²) in [5.41, 5.74) is 1.85. The number of carbonyl (C=O) groups is 2. The molecule has 1 aliphatic heterocycles. The number of carbonyl (C=O) groups excluding carboxylic acids is 2. The van der Waals surface area contributed by atoms with Crippen LogP contribution in [0.15, 0.2) is 54.6 Å². The summed E-state index contributed by atoms with van der Waals surface area (Å²) in [5, 5.41) is 5.55. The summed E-state index contributed by atoms with van der Waals surface area (Å²) < 4.78 is 5.50. The van der Waals surface area contributed by atoms with E-state index in [0.29, 0.717) is 48.2 Å². The van der Waals surface area contributed by atoms with Gasteiger partial charge in [-0.3, -0.25) is 9.59 Å². The lowest BCUT2D eigenvalue weighted by molar-refractivity contribution is -0.134. The summed E-state index contributed by atoms with van der Waals surface area (Å²) in [6.45, 7) is 6.35. The summed E-state index contributed by atoms with van der Waals surface area (Å²) in [7, 11) is 1.56. The van der Waals surface area contributed by atoms with E-state index in [1.807, 2.05) is 73.3 Å². The first kappa shape index (κ1) is 22.9. The Balaban J connectivity index is 1.59. The second kappa shape index (κ2) is 9.71. The number of benzene rings is 3. The van der Waals surface area contributed by atoms with Gasteiger partial charge in [0.1, 0.15) is 5.75 Å². The summed E-state index contributed by atoms with van der Waals surface area (Å²) in [5.74, 6) is 0.375. The van der Waals surface area contributed by atoms with Crippen molar-refractivity contribution in [2.45, 2.75) is 13.8 Å². The molecule has 0 aliphatic carbocycles. The fourth-order valence-corrected chi connectivity index (χ4v) is 4.50. The number of hydrogen-bond acceptors (Lipinski definition) is 4. The van der Waals surface area contributed by atoms with E-state index in [2.05, 4.69) is 10.2 Å². The van der Waals surface area contributed by atoms with Crippen LogP contribution in [0.1, 0.15) is 24.2 Å². The number of hydrogen-bond donors (Lipinski definition) is 1. The van der Waals surface area contributed by atoms with Gasteiger partial charge in [-0.25, -0.2) is 0 Å². The van der Waals surface area contributed by atoms with E-state index in [-0.39, 0.29) is 17.7 Å². The normalized spacial score (nSPS) is 14.0. The van der Waals surface area contributed by atoms with Crippen molar-refractivity contribution in [1.82, 2.24) is 4.90 Å². The summed E-state index contributed by atoms with van der Waals surface area (Å²) in [6.07, 6.45) is 0. The van der Waals surface area contributed by atoms with Crippen LogP contribution in [-0.4, -0.2) is 50.0 Å². The summed E-state index contributed by atoms with van der Waals surface area (Å²) in [6, 6.07) is 17.0. The van der Waals surface area contributed by atoms with E-state index < -0.39 is 0 Å². The third-order valence-corrected chi connectivity index (χ3v) is 6.25. The first-order chi connectivity index (χ1) is 15.9. The van der Waals surface area contributed by atoms with Crippen molar-refractivity contribution in [3.05, 3.63) is 65.2 Å². The Kier molecular flexibility index (Phi) is 6.75. The fourth-order valence-electron chi connectivity index (χ4n) is 4.21. The van der Waals surface area contributed by atoms with E-state index in [4.69, 9.17) is 16.3 Å². The number of nitrogens with one attached hydrogen (secondary N) is 1. The first-order valence-electron chi connectivity index (χ1n) is 11.1. The van der Waals surface area contributed by atoms with Gasteiger partial charge in [-0.2, -0.15) is 0 Å². The molecule has 0 unspecified atom stereocenters. The number of piperazine rings is 1. The highest BCUT2D eigenvalue weighted by Crippen LogP contribution is 2.36. The predicted octanol–water partition coefficient (Wildman–Crippen LogP) is 5.06. The van der Waals surface area contributed by atoms with Crippen LogP contribution < -0.4 is 15.0 Å². The lowest BCUT2D eigenvalue weighted by Crippen LogP contribution is -2.50. The topological polar surface area (TPSA) is 61.9 Å². The lowest BCUT2D eigenvalue weighted by Gasteiger charge is -2.38. The van der Waals surface area contributed by atoms with Crippen LogP contribution in [0.2, 0.25) is 5.02 Å². The molecule has 0 bridgehead atoms. The molecule has 6 nitrogen and oxygen atoms in total. The maximum absolute atomic E-state index is 13.3. The summed E-state index contributed by atoms with van der Waals surface area (Å²) >= 11 is 6.58. The maximum atomic E-state index is 13.3. The van der Waals surface area contributed by atoms with Gasteiger partial charge >= 0.3 is 0 Å². The third kappa shape index (κ3) is 4.76. The standard InChI is InChI=1S/C26H28ClN3O3/c1-17(2)26(32)30-13-11-29(12-14-30)24-21(27)9-6-10-22(24)28-25(31)20-15-18-7-4-5-8-19(18)16-23(20)33-3/h4-10,15-17H,11-14H2,1-3H3,(H,28,31). The highest BCUT2D eigenvalue weighted by molar-refractivity contribution is 6.34. The molecule has 4 rings (SSSR count). The van der Waals surface area contributed by atoms with E-state index in [9.17, 15) is 9.59 Å². The highest BCUT2D eigenvalue weighted by atomic mass is 35.5. The minimum Gasteiger partial charge on any atom is -0.496 e. The third-order valence-electron chi connectivity index (χ3n) is 5.95. The van der Waals surface area contributed by atoms with Crippen LogP contribution in [0.5, 0.6) is 5.75 Å². The van der Waals surface area contributed by atoms with Crippen molar-refractivity contribution in [2.24, 2.45) is 5.92 Å². The molecule has 1 saturated heterocycles. The lowest BCUT2D eigenvalue weighted by atomic mass is 10.0. The zero-order valence-electron chi connectivity index (χ0n) is 19.1. The monoisotopic (exact) mass is 465 g/mol. The molecule has 0 aromatic heterocycles. The molecule has 33 heavy (non-hydrogen) atoms. The van der Waals surface area contributed by atoms with Crippen LogP contribution in [0.25, 0.3) is 10.8 Å². The Hall–Kier alpha value is -3.25. The van der Waals surface area contributed by atoms with Crippen LogP contribution in [0.3, 0.4) is 0 Å². The van der Waals surface area contributed by atoms with Gasteiger partial charge in [-0.15, -0.1) is 0 Å². The summed E-state index contributed by atoms with van der Waals surface area (Å²) in [4.78, 5) is 29.6. The number of fused-ring (bicyclic) bond motifs is 1. The molecule has 1 heterocycles. The number of methoxy groups -OCH3 is 1. The Morgan fingerprint density at radius 1 is 0.970 bits per heavy atom. The van der Waals surface area contributed by atoms with Crippen molar-refractivity contribution in [2.75, 3.05) is 43.5 Å². The molecule has 0 radical (unpaired) electrons. The van der Waals surface area contributed by atoms with E-state index in [1.165, 1.54) is 0 Å². The molecule has 1 N–H and O–H groups in total. The molecule has 3 aromatic carbocycles. The van der Waals surface area contributed by atoms with Gasteiger partial charge in [0.25, 0.3) is 5.91 Å². The maximum Gasteiger partial charge on any atom is 0.259 e. The van der Waals surface area contributed by atoms with Crippen LogP contribution in [0, 0.1) is 5.92 Å². The molecule has 0 atom stereocenters. The van der Waals surface area contributed by atoms with Gasteiger partial charge < -0.3 is 19.9 Å². The Morgan fingerprint density at radius 2 is 1.64 bits per heavy atom. The van der Waals surface area contributed by atoms with E-state index in [1.54, 1.807) is 7.11 Å². The fraction of sp³-hybridized carbons (Fsp3) is 0.308. The number of ether oxygens (including phenoxy) is 1. The highest BCUT2D eigenvalue weighted by Gasteiger charge is 2.26. The molecule has 0 spiro atoms. The Morgan fingerprint density at radius 3 is 2.27 bits per heavy atom. The van der Waals surface area contributed by atoms with E-state index in [0.717, 1.165) is 16.5 Å². The van der Waals surface area contributed by atoms with Crippen molar-refractivity contribution >= 4 is 45.6 Å². The number of rotatable bonds is 5. The predicted molar refractivity (Wildman–Crippen MR) is 134 cm³/mol. The van der Waals surface area contributed by atoms with Gasteiger partial charge in [0.05, 0.1) is 29.1 Å². The SMILES string of the molecule is COc1cc2ccccc2cc1C(=O)Nc1cccc(Cl)c1N1CCN(C(=O)C(C)C)CC1. The minimum atomic E-state index is -0.269. The molecule has 0 saturated carbocycles. The molecule has 3 aromatic rings. The number of amides is 2. The van der Waals surface area contributed by atoms with Gasteiger partial charge in [-0.1, -0.05) is 55.8 Å². The Labute approximate surface area is 199 Å². The molecule has 1 aliphatic rings. The second-order valence-corrected chi connectivity index (χ2v) is 8.86. The zero-order valence-corrected chi connectivity index (χ0v) is 19.9. The second-order valence-electron chi connectivity index (χ2n) is 8.46. The van der Waals surface area contributed by atoms with Crippen LogP contribution in [-0.2, 0) is 4.79 Å². The number of anilines is 2. The average molecular weight is 466 g/mol. The van der Waals surface area contributed by atoms with E-state index >= 15 is 0 Å². The number of halogens is 1. The molecular weight excluding hydrogens is 438 g/mol. The molecule has 172 valence electrons. The van der Waals surface area contributed by atoms with Gasteiger partial charge in [0.2, 0.25) is 5.91 Å².